The summed E-state index contributed by atoms with van der Waals surface area (Å²) in [6.45, 7) is 3.47. The van der Waals surface area contributed by atoms with E-state index in [0.29, 0.717) is 18.6 Å². The number of rotatable bonds is 5. The first-order chi connectivity index (χ1) is 9.10. The molecule has 0 unspecified atom stereocenters. The van der Waals surface area contributed by atoms with Gasteiger partial charge >= 0.3 is 5.97 Å². The van der Waals surface area contributed by atoms with Crippen molar-refractivity contribution in [2.75, 3.05) is 5.32 Å². The number of hydrogen-bond acceptors (Lipinski definition) is 3. The van der Waals surface area contributed by atoms with Crippen molar-refractivity contribution in [1.29, 1.82) is 0 Å². The lowest BCUT2D eigenvalue weighted by Gasteiger charge is -2.17. The van der Waals surface area contributed by atoms with Crippen molar-refractivity contribution in [2.45, 2.75) is 32.2 Å². The number of benzene rings is 1. The van der Waals surface area contributed by atoms with Crippen LogP contribution < -0.4 is 11.1 Å². The van der Waals surface area contributed by atoms with Gasteiger partial charge in [-0.1, -0.05) is 0 Å². The van der Waals surface area contributed by atoms with E-state index in [4.69, 9.17) is 10.8 Å². The zero-order valence-corrected chi connectivity index (χ0v) is 11.2. The summed E-state index contributed by atoms with van der Waals surface area (Å²) in [6.07, 6.45) is 0.409. The van der Waals surface area contributed by atoms with Gasteiger partial charge in [-0.2, -0.15) is 0 Å². The van der Waals surface area contributed by atoms with Crippen molar-refractivity contribution >= 4 is 17.6 Å². The quantitative estimate of drug-likeness (QED) is 0.773. The number of hydrogen-bond donors (Lipinski definition) is 3. The summed E-state index contributed by atoms with van der Waals surface area (Å²) in [7, 11) is 0. The average Bonchev–Trinajstić information content (AvgIpc) is 2.29. The number of anilines is 1. The van der Waals surface area contributed by atoms with Crippen LogP contribution in [0.4, 0.5) is 14.5 Å². The molecule has 0 radical (unpaired) electrons. The Balaban J connectivity index is 2.89. The maximum atomic E-state index is 13.1. The molecule has 1 aromatic carbocycles. The first-order valence-corrected chi connectivity index (χ1v) is 5.91. The van der Waals surface area contributed by atoms with Crippen molar-refractivity contribution in [2.24, 2.45) is 5.73 Å². The number of halogens is 2. The second-order valence-corrected chi connectivity index (χ2v) is 5.15. The van der Waals surface area contributed by atoms with Crippen LogP contribution in [0.2, 0.25) is 0 Å². The monoisotopic (exact) mass is 286 g/mol. The fraction of sp³-hybridized carbons (Fsp3) is 0.385. The van der Waals surface area contributed by atoms with Crippen LogP contribution in [0.5, 0.6) is 0 Å². The molecule has 0 bridgehead atoms. The van der Waals surface area contributed by atoms with Gasteiger partial charge in [0.05, 0.1) is 11.3 Å². The van der Waals surface area contributed by atoms with Crippen LogP contribution in [0.1, 0.15) is 37.0 Å². The predicted octanol–water partition coefficient (Wildman–Crippen LogP) is 2.12. The summed E-state index contributed by atoms with van der Waals surface area (Å²) in [5.74, 6) is -4.50. The molecule has 1 amide bonds. The van der Waals surface area contributed by atoms with E-state index < -0.39 is 34.6 Å². The molecule has 0 aromatic heterocycles. The second kappa shape index (κ2) is 5.96. The minimum absolute atomic E-state index is 0.0432. The summed E-state index contributed by atoms with van der Waals surface area (Å²) < 4.78 is 26.1. The highest BCUT2D eigenvalue weighted by Gasteiger charge is 2.18. The lowest BCUT2D eigenvalue weighted by Crippen LogP contribution is -2.33. The van der Waals surface area contributed by atoms with Gasteiger partial charge in [0, 0.05) is 18.0 Å². The van der Waals surface area contributed by atoms with Crippen molar-refractivity contribution in [3.63, 3.8) is 0 Å². The van der Waals surface area contributed by atoms with Gasteiger partial charge in [0.25, 0.3) is 0 Å². The number of nitrogens with two attached hydrogens (primary N) is 1. The first-order valence-electron chi connectivity index (χ1n) is 5.91. The van der Waals surface area contributed by atoms with Gasteiger partial charge in [-0.15, -0.1) is 0 Å². The van der Waals surface area contributed by atoms with E-state index in [1.807, 2.05) is 0 Å². The largest absolute Gasteiger partial charge is 0.478 e. The number of carbonyl (C=O) groups is 2. The molecule has 110 valence electrons. The van der Waals surface area contributed by atoms with Gasteiger partial charge in [0.2, 0.25) is 5.91 Å². The van der Waals surface area contributed by atoms with Gasteiger partial charge in [-0.05, 0) is 26.3 Å². The van der Waals surface area contributed by atoms with E-state index in [9.17, 15) is 18.4 Å². The van der Waals surface area contributed by atoms with Crippen LogP contribution >= 0.6 is 0 Å². The van der Waals surface area contributed by atoms with Crippen LogP contribution in [0.15, 0.2) is 12.1 Å². The van der Waals surface area contributed by atoms with Gasteiger partial charge in [-0.25, -0.2) is 13.6 Å². The minimum atomic E-state index is -1.46. The lowest BCUT2D eigenvalue weighted by atomic mass is 10.00. The minimum Gasteiger partial charge on any atom is -0.478 e. The molecule has 0 aliphatic heterocycles. The number of aromatic carboxylic acids is 1. The Morgan fingerprint density at radius 2 is 1.85 bits per heavy atom. The van der Waals surface area contributed by atoms with E-state index in [1.54, 1.807) is 13.8 Å². The van der Waals surface area contributed by atoms with Crippen molar-refractivity contribution in [3.8, 4) is 0 Å². The molecule has 7 heteroatoms. The van der Waals surface area contributed by atoms with E-state index in [1.165, 1.54) is 0 Å². The van der Waals surface area contributed by atoms with Crippen LogP contribution in [0.25, 0.3) is 0 Å². The number of amides is 1. The zero-order chi connectivity index (χ0) is 15.5. The molecular weight excluding hydrogens is 270 g/mol. The van der Waals surface area contributed by atoms with Crippen LogP contribution in [0.3, 0.4) is 0 Å². The summed E-state index contributed by atoms with van der Waals surface area (Å²) in [6, 6.07) is 1.17. The Labute approximate surface area is 114 Å². The molecule has 4 N–H and O–H groups in total. The van der Waals surface area contributed by atoms with Crippen molar-refractivity contribution < 1.29 is 23.5 Å². The molecule has 0 atom stereocenters. The number of carboxylic acid groups (broad SMARTS) is 1. The number of carboxylic acids is 1. The molecule has 5 nitrogen and oxygen atoms in total. The molecular formula is C13H16F2N2O3. The van der Waals surface area contributed by atoms with Crippen LogP contribution in [-0.4, -0.2) is 22.5 Å². The summed E-state index contributed by atoms with van der Waals surface area (Å²) in [4.78, 5) is 22.6. The van der Waals surface area contributed by atoms with Gasteiger partial charge in [0.1, 0.15) is 0 Å². The molecule has 0 aliphatic carbocycles. The Morgan fingerprint density at radius 3 is 2.35 bits per heavy atom. The Kier molecular flexibility index (Phi) is 4.78. The number of carbonyl (C=O) groups excluding carboxylic acids is 1. The molecule has 1 aromatic rings. The molecule has 20 heavy (non-hydrogen) atoms. The fourth-order valence-electron chi connectivity index (χ4n) is 1.48. The van der Waals surface area contributed by atoms with Crippen molar-refractivity contribution in [1.82, 2.24) is 0 Å². The van der Waals surface area contributed by atoms with E-state index in [2.05, 4.69) is 5.32 Å². The predicted molar refractivity (Wildman–Crippen MR) is 69.4 cm³/mol. The van der Waals surface area contributed by atoms with Gasteiger partial charge < -0.3 is 16.2 Å². The topological polar surface area (TPSA) is 92.4 Å². The lowest BCUT2D eigenvalue weighted by molar-refractivity contribution is -0.116. The Hall–Kier alpha value is -2.02. The highest BCUT2D eigenvalue weighted by molar-refractivity contribution is 6.00. The third kappa shape index (κ3) is 4.58. The van der Waals surface area contributed by atoms with Crippen LogP contribution in [0, 0.1) is 11.6 Å². The van der Waals surface area contributed by atoms with Gasteiger partial charge in [-0.3, -0.25) is 4.79 Å². The molecule has 0 fully saturated rings. The Bertz CT molecular complexity index is 539. The van der Waals surface area contributed by atoms with E-state index in [0.717, 1.165) is 0 Å². The Morgan fingerprint density at radius 1 is 1.30 bits per heavy atom. The highest BCUT2D eigenvalue weighted by Crippen LogP contribution is 2.21. The first kappa shape index (κ1) is 16.0. The second-order valence-electron chi connectivity index (χ2n) is 5.15. The average molecular weight is 286 g/mol. The smallest absolute Gasteiger partial charge is 0.337 e. The number of nitrogens with one attached hydrogen (secondary N) is 1. The SMILES string of the molecule is CC(C)(N)CCC(=O)Nc1cc(F)c(F)cc1C(=O)O. The van der Waals surface area contributed by atoms with Gasteiger partial charge in [0.15, 0.2) is 11.6 Å². The summed E-state index contributed by atoms with van der Waals surface area (Å²) >= 11 is 0. The molecule has 0 heterocycles. The van der Waals surface area contributed by atoms with E-state index in [-0.39, 0.29) is 12.1 Å². The summed E-state index contributed by atoms with van der Waals surface area (Å²) in [5.41, 5.74) is 4.37. The highest BCUT2D eigenvalue weighted by atomic mass is 19.2. The zero-order valence-electron chi connectivity index (χ0n) is 11.2. The molecule has 0 saturated heterocycles. The van der Waals surface area contributed by atoms with Crippen molar-refractivity contribution in [3.05, 3.63) is 29.3 Å². The maximum absolute atomic E-state index is 13.1. The third-order valence-corrected chi connectivity index (χ3v) is 2.56. The fourth-order valence-corrected chi connectivity index (χ4v) is 1.48. The summed E-state index contributed by atoms with van der Waals surface area (Å²) in [5, 5.41) is 11.1. The molecule has 0 spiro atoms. The van der Waals surface area contributed by atoms with Crippen LogP contribution in [-0.2, 0) is 4.79 Å². The third-order valence-electron chi connectivity index (χ3n) is 2.56. The molecule has 0 aliphatic rings. The molecule has 1 rings (SSSR count). The normalized spacial score (nSPS) is 11.2. The van der Waals surface area contributed by atoms with E-state index >= 15 is 0 Å². The molecule has 0 saturated carbocycles. The standard InChI is InChI=1S/C13H16F2N2O3/c1-13(2,16)4-3-11(18)17-10-6-9(15)8(14)5-7(10)12(19)20/h5-6H,3-4,16H2,1-2H3,(H,17,18)(H,19,20). The maximum Gasteiger partial charge on any atom is 0.337 e.